The molecule has 1 N–H and O–H groups in total. The number of piperidine rings is 1. The molecule has 0 atom stereocenters. The summed E-state index contributed by atoms with van der Waals surface area (Å²) in [6, 6.07) is 14.0. The maximum atomic E-state index is 12.4. The lowest BCUT2D eigenvalue weighted by Crippen LogP contribution is -2.42. The zero-order valence-corrected chi connectivity index (χ0v) is 13.6. The summed E-state index contributed by atoms with van der Waals surface area (Å²) < 4.78 is 5.81. The van der Waals surface area contributed by atoms with Crippen molar-refractivity contribution < 1.29 is 9.53 Å². The predicted molar refractivity (Wildman–Crippen MR) is 92.7 cm³/mol. The standard InChI is InChI=1S/C19H24N2O2/c1-20-13-15-9-11-21(12-10-15)19(22)14-23-18-8-4-6-16-5-2-3-7-17(16)18/h2-8,15,20H,9-14H2,1H3. The SMILES string of the molecule is CNCC1CCN(C(=O)COc2cccc3ccccc23)CC1. The monoisotopic (exact) mass is 312 g/mol. The molecule has 0 radical (unpaired) electrons. The number of carbonyl (C=O) groups is 1. The molecule has 1 amide bonds. The van der Waals surface area contributed by atoms with Gasteiger partial charge in [-0.1, -0.05) is 36.4 Å². The van der Waals surface area contributed by atoms with Gasteiger partial charge in [-0.05, 0) is 43.8 Å². The zero-order chi connectivity index (χ0) is 16.1. The molecule has 0 aromatic heterocycles. The highest BCUT2D eigenvalue weighted by Gasteiger charge is 2.22. The molecular formula is C19H24N2O2. The fourth-order valence-corrected chi connectivity index (χ4v) is 3.23. The van der Waals surface area contributed by atoms with Gasteiger partial charge in [-0.2, -0.15) is 0 Å². The molecule has 0 unspecified atom stereocenters. The van der Waals surface area contributed by atoms with E-state index in [0.717, 1.165) is 49.0 Å². The lowest BCUT2D eigenvalue weighted by atomic mass is 9.97. The highest BCUT2D eigenvalue weighted by molar-refractivity contribution is 5.88. The maximum absolute atomic E-state index is 12.4. The summed E-state index contributed by atoms with van der Waals surface area (Å²) in [6.45, 7) is 2.83. The topological polar surface area (TPSA) is 41.6 Å². The largest absolute Gasteiger partial charge is 0.483 e. The quantitative estimate of drug-likeness (QED) is 0.923. The van der Waals surface area contributed by atoms with Crippen LogP contribution in [0.1, 0.15) is 12.8 Å². The van der Waals surface area contributed by atoms with E-state index >= 15 is 0 Å². The molecule has 0 saturated carbocycles. The van der Waals surface area contributed by atoms with Gasteiger partial charge in [-0.15, -0.1) is 0 Å². The van der Waals surface area contributed by atoms with Crippen molar-refractivity contribution in [2.24, 2.45) is 5.92 Å². The first kappa shape index (κ1) is 15.8. The van der Waals surface area contributed by atoms with Crippen LogP contribution < -0.4 is 10.1 Å². The number of amides is 1. The third-order valence-electron chi connectivity index (χ3n) is 4.56. The van der Waals surface area contributed by atoms with Crippen LogP contribution in [0.2, 0.25) is 0 Å². The minimum Gasteiger partial charge on any atom is -0.483 e. The van der Waals surface area contributed by atoms with E-state index in [9.17, 15) is 4.79 Å². The second-order valence-corrected chi connectivity index (χ2v) is 6.15. The van der Waals surface area contributed by atoms with Crippen LogP contribution in [0.4, 0.5) is 0 Å². The van der Waals surface area contributed by atoms with E-state index in [4.69, 9.17) is 4.74 Å². The second kappa shape index (κ2) is 7.47. The number of carbonyl (C=O) groups excluding carboxylic acids is 1. The first-order chi connectivity index (χ1) is 11.3. The van der Waals surface area contributed by atoms with Crippen LogP contribution in [0, 0.1) is 5.92 Å². The number of benzene rings is 2. The first-order valence-electron chi connectivity index (χ1n) is 8.31. The van der Waals surface area contributed by atoms with Gasteiger partial charge >= 0.3 is 0 Å². The van der Waals surface area contributed by atoms with Crippen molar-refractivity contribution >= 4 is 16.7 Å². The van der Waals surface area contributed by atoms with Crippen molar-refractivity contribution in [3.8, 4) is 5.75 Å². The van der Waals surface area contributed by atoms with Crippen molar-refractivity contribution in [3.63, 3.8) is 0 Å². The highest BCUT2D eigenvalue weighted by atomic mass is 16.5. The van der Waals surface area contributed by atoms with Crippen LogP contribution in [-0.4, -0.2) is 44.1 Å². The van der Waals surface area contributed by atoms with Gasteiger partial charge in [0.25, 0.3) is 5.91 Å². The van der Waals surface area contributed by atoms with Gasteiger partial charge in [0.1, 0.15) is 5.75 Å². The number of rotatable bonds is 5. The summed E-state index contributed by atoms with van der Waals surface area (Å²) in [4.78, 5) is 14.3. The second-order valence-electron chi connectivity index (χ2n) is 6.15. The normalized spacial score (nSPS) is 15.8. The molecule has 2 aromatic rings. The Kier molecular flexibility index (Phi) is 5.13. The Bertz CT molecular complexity index is 658. The molecule has 4 nitrogen and oxygen atoms in total. The Morgan fingerprint density at radius 2 is 1.91 bits per heavy atom. The van der Waals surface area contributed by atoms with Crippen LogP contribution in [0.15, 0.2) is 42.5 Å². The molecular weight excluding hydrogens is 288 g/mol. The van der Waals surface area contributed by atoms with Gasteiger partial charge < -0.3 is 15.0 Å². The average Bonchev–Trinajstić information content (AvgIpc) is 2.60. The number of hydrogen-bond donors (Lipinski definition) is 1. The summed E-state index contributed by atoms with van der Waals surface area (Å²) in [6.07, 6.45) is 2.14. The Morgan fingerprint density at radius 1 is 1.17 bits per heavy atom. The minimum absolute atomic E-state index is 0.0841. The lowest BCUT2D eigenvalue weighted by Gasteiger charge is -2.31. The summed E-state index contributed by atoms with van der Waals surface area (Å²) in [5.74, 6) is 1.55. The van der Waals surface area contributed by atoms with E-state index < -0.39 is 0 Å². The number of nitrogens with zero attached hydrogens (tertiary/aromatic N) is 1. The van der Waals surface area contributed by atoms with Crippen LogP contribution >= 0.6 is 0 Å². The number of hydrogen-bond acceptors (Lipinski definition) is 3. The van der Waals surface area contributed by atoms with Crippen molar-refractivity contribution in [2.75, 3.05) is 33.3 Å². The van der Waals surface area contributed by atoms with Gasteiger partial charge in [0.15, 0.2) is 6.61 Å². The minimum atomic E-state index is 0.0841. The fourth-order valence-electron chi connectivity index (χ4n) is 3.23. The number of fused-ring (bicyclic) bond motifs is 1. The molecule has 2 aromatic carbocycles. The Balaban J connectivity index is 1.57. The van der Waals surface area contributed by atoms with E-state index in [2.05, 4.69) is 17.4 Å². The molecule has 1 aliphatic rings. The van der Waals surface area contributed by atoms with Gasteiger partial charge in [-0.25, -0.2) is 0 Å². The average molecular weight is 312 g/mol. The zero-order valence-electron chi connectivity index (χ0n) is 13.6. The molecule has 1 heterocycles. The maximum Gasteiger partial charge on any atom is 0.260 e. The van der Waals surface area contributed by atoms with Crippen molar-refractivity contribution in [1.82, 2.24) is 10.2 Å². The molecule has 0 spiro atoms. The van der Waals surface area contributed by atoms with E-state index in [0.29, 0.717) is 5.92 Å². The van der Waals surface area contributed by atoms with E-state index in [1.807, 2.05) is 42.3 Å². The van der Waals surface area contributed by atoms with Crippen molar-refractivity contribution in [1.29, 1.82) is 0 Å². The number of nitrogens with one attached hydrogen (secondary N) is 1. The highest BCUT2D eigenvalue weighted by Crippen LogP contribution is 2.25. The molecule has 4 heteroatoms. The molecule has 122 valence electrons. The van der Waals surface area contributed by atoms with Crippen LogP contribution in [0.5, 0.6) is 5.75 Å². The number of likely N-dealkylation sites (tertiary alicyclic amines) is 1. The molecule has 1 fully saturated rings. The Morgan fingerprint density at radius 3 is 2.70 bits per heavy atom. The van der Waals surface area contributed by atoms with Gasteiger partial charge in [-0.3, -0.25) is 4.79 Å². The summed E-state index contributed by atoms with van der Waals surface area (Å²) >= 11 is 0. The molecule has 0 aliphatic carbocycles. The molecule has 0 bridgehead atoms. The summed E-state index contributed by atoms with van der Waals surface area (Å²) in [5.41, 5.74) is 0. The van der Waals surface area contributed by atoms with Crippen LogP contribution in [0.3, 0.4) is 0 Å². The summed E-state index contributed by atoms with van der Waals surface area (Å²) in [7, 11) is 1.98. The van der Waals surface area contributed by atoms with Crippen LogP contribution in [-0.2, 0) is 4.79 Å². The smallest absolute Gasteiger partial charge is 0.260 e. The lowest BCUT2D eigenvalue weighted by molar-refractivity contribution is -0.134. The van der Waals surface area contributed by atoms with Crippen LogP contribution in [0.25, 0.3) is 10.8 Å². The third-order valence-corrected chi connectivity index (χ3v) is 4.56. The van der Waals surface area contributed by atoms with E-state index in [1.165, 1.54) is 0 Å². The Labute approximate surface area is 137 Å². The van der Waals surface area contributed by atoms with Gasteiger partial charge in [0.2, 0.25) is 0 Å². The summed E-state index contributed by atoms with van der Waals surface area (Å²) in [5, 5.41) is 5.40. The Hall–Kier alpha value is -2.07. The van der Waals surface area contributed by atoms with Gasteiger partial charge in [0.05, 0.1) is 0 Å². The predicted octanol–water partition coefficient (Wildman–Crippen LogP) is 2.68. The van der Waals surface area contributed by atoms with Crippen molar-refractivity contribution in [3.05, 3.63) is 42.5 Å². The van der Waals surface area contributed by atoms with E-state index in [-0.39, 0.29) is 12.5 Å². The first-order valence-corrected chi connectivity index (χ1v) is 8.31. The van der Waals surface area contributed by atoms with Gasteiger partial charge in [0, 0.05) is 18.5 Å². The fraction of sp³-hybridized carbons (Fsp3) is 0.421. The third kappa shape index (κ3) is 3.82. The molecule has 1 saturated heterocycles. The number of ether oxygens (including phenoxy) is 1. The molecule has 3 rings (SSSR count). The molecule has 1 aliphatic heterocycles. The van der Waals surface area contributed by atoms with E-state index in [1.54, 1.807) is 0 Å². The van der Waals surface area contributed by atoms with Crippen molar-refractivity contribution in [2.45, 2.75) is 12.8 Å². The molecule has 23 heavy (non-hydrogen) atoms.